The number of hydrogen-bond acceptors (Lipinski definition) is 3. The van der Waals surface area contributed by atoms with Crippen LogP contribution in [0.25, 0.3) is 0 Å². The van der Waals surface area contributed by atoms with Gasteiger partial charge in [0.05, 0.1) is 17.9 Å². The highest BCUT2D eigenvalue weighted by Crippen LogP contribution is 2.01. The van der Waals surface area contributed by atoms with E-state index >= 15 is 0 Å². The third-order valence-electron chi connectivity index (χ3n) is 1.57. The predicted molar refractivity (Wildman–Crippen MR) is 42.8 cm³/mol. The van der Waals surface area contributed by atoms with Gasteiger partial charge in [0.1, 0.15) is 0 Å². The molecular weight excluding hydrogens is 140 g/mol. The standard InChI is InChI=1S/C7H12N4/c1-3-4-11-6(2)7(5-8)9-10-11/h3H,1,4-5,8H2,2H3. The molecule has 0 fully saturated rings. The smallest absolute Gasteiger partial charge is 0.0991 e. The number of nitrogens with two attached hydrogens (primary N) is 1. The quantitative estimate of drug-likeness (QED) is 0.631. The number of allylic oxidation sites excluding steroid dienone is 1. The van der Waals surface area contributed by atoms with Gasteiger partial charge in [-0.05, 0) is 6.92 Å². The van der Waals surface area contributed by atoms with Crippen molar-refractivity contribution in [2.45, 2.75) is 20.0 Å². The van der Waals surface area contributed by atoms with E-state index in [1.165, 1.54) is 0 Å². The number of rotatable bonds is 3. The Morgan fingerprint density at radius 2 is 2.45 bits per heavy atom. The molecule has 4 heteroatoms. The molecule has 0 aliphatic rings. The maximum atomic E-state index is 5.42. The molecule has 60 valence electrons. The van der Waals surface area contributed by atoms with Crippen molar-refractivity contribution in [2.75, 3.05) is 0 Å². The normalized spacial score (nSPS) is 10.0. The van der Waals surface area contributed by atoms with Gasteiger partial charge >= 0.3 is 0 Å². The molecule has 0 atom stereocenters. The zero-order valence-corrected chi connectivity index (χ0v) is 6.62. The van der Waals surface area contributed by atoms with Crippen molar-refractivity contribution >= 4 is 0 Å². The Morgan fingerprint density at radius 3 is 2.91 bits per heavy atom. The first-order chi connectivity index (χ1) is 5.29. The van der Waals surface area contributed by atoms with Crippen molar-refractivity contribution < 1.29 is 0 Å². The first kappa shape index (κ1) is 7.94. The largest absolute Gasteiger partial charge is 0.325 e. The Bertz CT molecular complexity index is 251. The van der Waals surface area contributed by atoms with Crippen LogP contribution in [0.15, 0.2) is 12.7 Å². The summed E-state index contributed by atoms with van der Waals surface area (Å²) in [7, 11) is 0. The molecule has 0 aromatic carbocycles. The molecule has 2 N–H and O–H groups in total. The second-order valence-corrected chi connectivity index (χ2v) is 2.30. The minimum absolute atomic E-state index is 0.447. The van der Waals surface area contributed by atoms with Crippen molar-refractivity contribution in [3.63, 3.8) is 0 Å². The van der Waals surface area contributed by atoms with Crippen molar-refractivity contribution in [1.29, 1.82) is 0 Å². The molecule has 0 saturated carbocycles. The van der Waals surface area contributed by atoms with Crippen molar-refractivity contribution in [2.24, 2.45) is 5.73 Å². The molecule has 0 aliphatic carbocycles. The Labute approximate surface area is 65.7 Å². The fourth-order valence-electron chi connectivity index (χ4n) is 0.881. The lowest BCUT2D eigenvalue weighted by Gasteiger charge is -1.96. The van der Waals surface area contributed by atoms with E-state index in [9.17, 15) is 0 Å². The maximum Gasteiger partial charge on any atom is 0.0991 e. The van der Waals surface area contributed by atoms with Gasteiger partial charge in [-0.25, -0.2) is 4.68 Å². The van der Waals surface area contributed by atoms with Gasteiger partial charge in [0.2, 0.25) is 0 Å². The molecule has 1 aromatic heterocycles. The summed E-state index contributed by atoms with van der Waals surface area (Å²) >= 11 is 0. The summed E-state index contributed by atoms with van der Waals surface area (Å²) in [4.78, 5) is 0. The van der Waals surface area contributed by atoms with Crippen LogP contribution in [0.2, 0.25) is 0 Å². The van der Waals surface area contributed by atoms with Crippen LogP contribution in [0.5, 0.6) is 0 Å². The monoisotopic (exact) mass is 152 g/mol. The number of hydrogen-bond donors (Lipinski definition) is 1. The SMILES string of the molecule is C=CCn1nnc(CN)c1C. The summed E-state index contributed by atoms with van der Waals surface area (Å²) < 4.78 is 1.77. The van der Waals surface area contributed by atoms with Gasteiger partial charge < -0.3 is 5.73 Å². The van der Waals surface area contributed by atoms with Crippen LogP contribution in [0.1, 0.15) is 11.4 Å². The van der Waals surface area contributed by atoms with Gasteiger partial charge in [0.25, 0.3) is 0 Å². The van der Waals surface area contributed by atoms with Crippen LogP contribution < -0.4 is 5.73 Å². The third-order valence-corrected chi connectivity index (χ3v) is 1.57. The van der Waals surface area contributed by atoms with Gasteiger partial charge in [0.15, 0.2) is 0 Å². The van der Waals surface area contributed by atoms with Gasteiger partial charge in [-0.3, -0.25) is 0 Å². The summed E-state index contributed by atoms with van der Waals surface area (Å²) in [5.41, 5.74) is 7.29. The maximum absolute atomic E-state index is 5.42. The van der Waals surface area contributed by atoms with Gasteiger partial charge in [-0.2, -0.15) is 0 Å². The topological polar surface area (TPSA) is 56.7 Å². The van der Waals surface area contributed by atoms with Crippen LogP contribution in [0, 0.1) is 6.92 Å². The first-order valence-corrected chi connectivity index (χ1v) is 3.49. The Morgan fingerprint density at radius 1 is 1.73 bits per heavy atom. The molecule has 0 radical (unpaired) electrons. The average molecular weight is 152 g/mol. The van der Waals surface area contributed by atoms with E-state index in [0.717, 1.165) is 11.4 Å². The Balaban J connectivity index is 2.90. The van der Waals surface area contributed by atoms with Gasteiger partial charge in [0, 0.05) is 6.54 Å². The lowest BCUT2D eigenvalue weighted by atomic mass is 10.3. The van der Waals surface area contributed by atoms with Crippen molar-refractivity contribution in [3.05, 3.63) is 24.0 Å². The Hall–Kier alpha value is -1.16. The van der Waals surface area contributed by atoms with Gasteiger partial charge in [-0.1, -0.05) is 11.3 Å². The minimum Gasteiger partial charge on any atom is -0.325 e. The fraction of sp³-hybridized carbons (Fsp3) is 0.429. The second kappa shape index (κ2) is 3.30. The predicted octanol–water partition coefficient (Wildman–Crippen LogP) is 0.231. The fourth-order valence-corrected chi connectivity index (χ4v) is 0.881. The lowest BCUT2D eigenvalue weighted by Crippen LogP contribution is -2.02. The molecule has 0 aliphatic heterocycles. The molecule has 0 unspecified atom stereocenters. The van der Waals surface area contributed by atoms with Crippen LogP contribution in [-0.2, 0) is 13.1 Å². The first-order valence-electron chi connectivity index (χ1n) is 3.49. The van der Waals surface area contributed by atoms with Crippen LogP contribution in [0.3, 0.4) is 0 Å². The third kappa shape index (κ3) is 1.46. The number of nitrogens with zero attached hydrogens (tertiary/aromatic N) is 3. The minimum atomic E-state index is 0.447. The highest BCUT2D eigenvalue weighted by Gasteiger charge is 2.03. The molecule has 1 rings (SSSR count). The van der Waals surface area contributed by atoms with E-state index in [4.69, 9.17) is 5.73 Å². The van der Waals surface area contributed by atoms with Crippen LogP contribution in [0.4, 0.5) is 0 Å². The van der Waals surface area contributed by atoms with Crippen molar-refractivity contribution in [3.8, 4) is 0 Å². The van der Waals surface area contributed by atoms with Crippen LogP contribution >= 0.6 is 0 Å². The molecule has 0 bridgehead atoms. The molecule has 0 saturated heterocycles. The highest BCUT2D eigenvalue weighted by atomic mass is 15.4. The summed E-state index contributed by atoms with van der Waals surface area (Å²) in [5, 5.41) is 7.78. The van der Waals surface area contributed by atoms with E-state index in [0.29, 0.717) is 13.1 Å². The molecule has 0 amide bonds. The second-order valence-electron chi connectivity index (χ2n) is 2.30. The molecule has 11 heavy (non-hydrogen) atoms. The molecule has 4 nitrogen and oxygen atoms in total. The van der Waals surface area contributed by atoms with E-state index in [1.807, 2.05) is 6.92 Å². The zero-order chi connectivity index (χ0) is 8.27. The van der Waals surface area contributed by atoms with E-state index in [-0.39, 0.29) is 0 Å². The lowest BCUT2D eigenvalue weighted by molar-refractivity contribution is 0.645. The van der Waals surface area contributed by atoms with Crippen molar-refractivity contribution in [1.82, 2.24) is 15.0 Å². The summed E-state index contributed by atoms with van der Waals surface area (Å²) in [6.07, 6.45) is 1.78. The van der Waals surface area contributed by atoms with E-state index < -0.39 is 0 Å². The molecule has 1 aromatic rings. The van der Waals surface area contributed by atoms with Gasteiger partial charge in [-0.15, -0.1) is 11.7 Å². The molecular formula is C7H12N4. The highest BCUT2D eigenvalue weighted by molar-refractivity contribution is 5.07. The number of aromatic nitrogens is 3. The van der Waals surface area contributed by atoms with Crippen LogP contribution in [-0.4, -0.2) is 15.0 Å². The summed E-state index contributed by atoms with van der Waals surface area (Å²) in [6.45, 7) is 6.70. The molecule has 0 spiro atoms. The van der Waals surface area contributed by atoms with E-state index in [2.05, 4.69) is 16.9 Å². The summed E-state index contributed by atoms with van der Waals surface area (Å²) in [6, 6.07) is 0. The molecule has 1 heterocycles. The zero-order valence-electron chi connectivity index (χ0n) is 6.62. The van der Waals surface area contributed by atoms with E-state index in [1.54, 1.807) is 10.8 Å². The summed E-state index contributed by atoms with van der Waals surface area (Å²) in [5.74, 6) is 0. The Kier molecular flexibility index (Phi) is 2.38. The average Bonchev–Trinajstić information content (AvgIpc) is 2.34.